The molecular weight excluding hydrogens is 328 g/mol. The molecule has 0 unspecified atom stereocenters. The minimum atomic E-state index is 0.956. The fraction of sp³-hybridized carbons (Fsp3) is 0. The first-order chi connectivity index (χ1) is 13.4. The summed E-state index contributed by atoms with van der Waals surface area (Å²) in [7, 11) is 0. The van der Waals surface area contributed by atoms with Gasteiger partial charge in [0.05, 0.1) is 16.9 Å². The van der Waals surface area contributed by atoms with E-state index in [1.165, 1.54) is 16.5 Å². The van der Waals surface area contributed by atoms with Gasteiger partial charge in [-0.25, -0.2) is 4.98 Å². The summed E-state index contributed by atoms with van der Waals surface area (Å²) in [5, 5.41) is 2.38. The van der Waals surface area contributed by atoms with Crippen molar-refractivity contribution in [2.24, 2.45) is 0 Å². The Balaban J connectivity index is 1.64. The largest absolute Gasteiger partial charge is 0.354 e. The van der Waals surface area contributed by atoms with Gasteiger partial charge in [0, 0.05) is 21.9 Å². The van der Waals surface area contributed by atoms with Crippen molar-refractivity contribution in [3.05, 3.63) is 102 Å². The lowest BCUT2D eigenvalue weighted by Gasteiger charge is -2.02. The van der Waals surface area contributed by atoms with E-state index in [0.717, 1.165) is 27.8 Å². The molecule has 0 aliphatic carbocycles. The zero-order valence-electron chi connectivity index (χ0n) is 14.8. The molecule has 128 valence electrons. The second kappa shape index (κ2) is 6.58. The molecule has 1 N–H and O–H groups in total. The first-order valence-corrected chi connectivity index (χ1v) is 9.08. The highest BCUT2D eigenvalue weighted by atomic mass is 14.7. The summed E-state index contributed by atoms with van der Waals surface area (Å²) in [6.07, 6.45) is 4.26. The van der Waals surface area contributed by atoms with Crippen LogP contribution in [0.3, 0.4) is 0 Å². The van der Waals surface area contributed by atoms with E-state index in [2.05, 4.69) is 83.9 Å². The minimum Gasteiger partial charge on any atom is -0.354 e. The molecule has 2 heteroatoms. The molecule has 0 spiro atoms. The zero-order chi connectivity index (χ0) is 18.1. The van der Waals surface area contributed by atoms with Crippen LogP contribution in [-0.4, -0.2) is 9.97 Å². The molecule has 0 aliphatic rings. The highest BCUT2D eigenvalue weighted by Gasteiger charge is 2.10. The van der Waals surface area contributed by atoms with Crippen molar-refractivity contribution >= 4 is 34.0 Å². The van der Waals surface area contributed by atoms with Crippen molar-refractivity contribution in [2.45, 2.75) is 0 Å². The molecule has 0 atom stereocenters. The number of pyridine rings is 1. The number of nitrogens with one attached hydrogen (secondary N) is 1. The smallest absolute Gasteiger partial charge is 0.0709 e. The van der Waals surface area contributed by atoms with E-state index < -0.39 is 0 Å². The predicted octanol–water partition coefficient (Wildman–Crippen LogP) is 6.55. The summed E-state index contributed by atoms with van der Waals surface area (Å²) in [6.45, 7) is 0. The summed E-state index contributed by atoms with van der Waals surface area (Å²) in [6, 6.07) is 31.3. The molecule has 0 saturated carbocycles. The molecule has 3 aromatic carbocycles. The fourth-order valence-electron chi connectivity index (χ4n) is 3.51. The molecule has 0 fully saturated rings. The summed E-state index contributed by atoms with van der Waals surface area (Å²) in [5.74, 6) is 0. The van der Waals surface area contributed by atoms with Gasteiger partial charge < -0.3 is 4.98 Å². The third kappa shape index (κ3) is 2.91. The maximum absolute atomic E-state index is 4.76. The normalized spacial score (nSPS) is 11.6. The molecule has 0 saturated heterocycles. The number of aromatic nitrogens is 2. The molecule has 2 aromatic heterocycles. The Morgan fingerprint density at radius 3 is 2.37 bits per heavy atom. The number of nitrogens with zero attached hydrogens (tertiary/aromatic N) is 1. The number of hydrogen-bond donors (Lipinski definition) is 1. The van der Waals surface area contributed by atoms with E-state index in [1.807, 2.05) is 24.3 Å². The monoisotopic (exact) mass is 346 g/mol. The van der Waals surface area contributed by atoms with E-state index in [4.69, 9.17) is 4.98 Å². The van der Waals surface area contributed by atoms with Crippen LogP contribution in [0.25, 0.3) is 45.2 Å². The Hall–Kier alpha value is -3.65. The van der Waals surface area contributed by atoms with Crippen molar-refractivity contribution in [3.8, 4) is 11.3 Å². The van der Waals surface area contributed by atoms with Crippen LogP contribution < -0.4 is 0 Å². The van der Waals surface area contributed by atoms with Gasteiger partial charge in [-0.1, -0.05) is 78.9 Å². The summed E-state index contributed by atoms with van der Waals surface area (Å²) in [4.78, 5) is 8.33. The maximum atomic E-state index is 4.76. The van der Waals surface area contributed by atoms with Crippen LogP contribution in [0.5, 0.6) is 0 Å². The molecule has 2 nitrogen and oxygen atoms in total. The van der Waals surface area contributed by atoms with Gasteiger partial charge in [0.15, 0.2) is 0 Å². The van der Waals surface area contributed by atoms with Crippen molar-refractivity contribution in [1.29, 1.82) is 0 Å². The number of H-pyrrole nitrogens is 1. The van der Waals surface area contributed by atoms with Crippen molar-refractivity contribution in [3.63, 3.8) is 0 Å². The van der Waals surface area contributed by atoms with E-state index in [0.29, 0.717) is 0 Å². The van der Waals surface area contributed by atoms with E-state index in [1.54, 1.807) is 0 Å². The topological polar surface area (TPSA) is 28.7 Å². The van der Waals surface area contributed by atoms with Gasteiger partial charge in [0.25, 0.3) is 0 Å². The fourth-order valence-corrected chi connectivity index (χ4v) is 3.51. The number of aromatic amines is 1. The molecular formula is C25H18N2. The Bertz CT molecular complexity index is 1260. The number of para-hydroxylation sites is 2. The highest BCUT2D eigenvalue weighted by Crippen LogP contribution is 2.31. The average Bonchev–Trinajstić information content (AvgIpc) is 3.11. The second-order valence-electron chi connectivity index (χ2n) is 6.59. The van der Waals surface area contributed by atoms with Gasteiger partial charge in [0.1, 0.15) is 0 Å². The van der Waals surface area contributed by atoms with Crippen LogP contribution in [0.1, 0.15) is 11.3 Å². The Morgan fingerprint density at radius 1 is 0.667 bits per heavy atom. The standard InChI is InChI=1S/C25H18N2/c1-2-9-19(10-3-1)25-22(21-11-5-7-13-24(21)27-25)17-16-20-15-14-18-8-4-6-12-23(18)26-20/h1-17,27H/b17-16+. The molecule has 5 rings (SSSR count). The van der Waals surface area contributed by atoms with Crippen LogP contribution >= 0.6 is 0 Å². The van der Waals surface area contributed by atoms with Gasteiger partial charge in [0.2, 0.25) is 0 Å². The Kier molecular flexibility index (Phi) is 3.80. The van der Waals surface area contributed by atoms with Gasteiger partial charge in [-0.3, -0.25) is 0 Å². The van der Waals surface area contributed by atoms with Gasteiger partial charge in [-0.2, -0.15) is 0 Å². The van der Waals surface area contributed by atoms with Crippen LogP contribution in [0.15, 0.2) is 91.0 Å². The first kappa shape index (κ1) is 15.6. The SMILES string of the molecule is C(=C\c1c(-c2ccccc2)[nH]c2ccccc12)/c1ccc2ccccc2n1. The van der Waals surface area contributed by atoms with Gasteiger partial charge in [-0.05, 0) is 29.8 Å². The highest BCUT2D eigenvalue weighted by molar-refractivity contribution is 5.98. The lowest BCUT2D eigenvalue weighted by atomic mass is 10.0. The minimum absolute atomic E-state index is 0.956. The van der Waals surface area contributed by atoms with Crippen LogP contribution in [-0.2, 0) is 0 Å². The Morgan fingerprint density at radius 2 is 1.44 bits per heavy atom. The van der Waals surface area contributed by atoms with Crippen LogP contribution in [0.2, 0.25) is 0 Å². The molecule has 2 heterocycles. The first-order valence-electron chi connectivity index (χ1n) is 9.08. The molecule has 0 amide bonds. The van der Waals surface area contributed by atoms with Crippen molar-refractivity contribution < 1.29 is 0 Å². The molecule has 0 aliphatic heterocycles. The van der Waals surface area contributed by atoms with Crippen LogP contribution in [0, 0.1) is 0 Å². The maximum Gasteiger partial charge on any atom is 0.0709 e. The third-order valence-corrected chi connectivity index (χ3v) is 4.85. The summed E-state index contributed by atoms with van der Waals surface area (Å²) < 4.78 is 0. The van der Waals surface area contributed by atoms with Gasteiger partial charge >= 0.3 is 0 Å². The lowest BCUT2D eigenvalue weighted by Crippen LogP contribution is -1.83. The number of benzene rings is 3. The number of hydrogen-bond acceptors (Lipinski definition) is 1. The molecule has 0 radical (unpaired) electrons. The van der Waals surface area contributed by atoms with Crippen molar-refractivity contribution in [1.82, 2.24) is 9.97 Å². The molecule has 27 heavy (non-hydrogen) atoms. The zero-order valence-corrected chi connectivity index (χ0v) is 14.8. The summed E-state index contributed by atoms with van der Waals surface area (Å²) >= 11 is 0. The molecule has 0 bridgehead atoms. The number of rotatable bonds is 3. The van der Waals surface area contributed by atoms with Crippen molar-refractivity contribution in [2.75, 3.05) is 0 Å². The van der Waals surface area contributed by atoms with Crippen LogP contribution in [0.4, 0.5) is 0 Å². The summed E-state index contributed by atoms with van der Waals surface area (Å²) in [5.41, 5.74) is 6.61. The average molecular weight is 346 g/mol. The van der Waals surface area contributed by atoms with E-state index >= 15 is 0 Å². The number of fused-ring (bicyclic) bond motifs is 2. The van der Waals surface area contributed by atoms with Gasteiger partial charge in [-0.15, -0.1) is 0 Å². The lowest BCUT2D eigenvalue weighted by molar-refractivity contribution is 1.37. The van der Waals surface area contributed by atoms with E-state index in [9.17, 15) is 0 Å². The second-order valence-corrected chi connectivity index (χ2v) is 6.59. The van der Waals surface area contributed by atoms with E-state index in [-0.39, 0.29) is 0 Å². The molecule has 5 aromatic rings. The quantitative estimate of drug-likeness (QED) is 0.394. The predicted molar refractivity (Wildman–Crippen MR) is 114 cm³/mol. The Labute approximate surface area is 157 Å². The third-order valence-electron chi connectivity index (χ3n) is 4.85.